The summed E-state index contributed by atoms with van der Waals surface area (Å²) in [6.45, 7) is 11.3. The molecule has 3 aromatic carbocycles. The van der Waals surface area contributed by atoms with Gasteiger partial charge in [-0.3, -0.25) is 0 Å². The van der Waals surface area contributed by atoms with E-state index < -0.39 is 0 Å². The van der Waals surface area contributed by atoms with Gasteiger partial charge in [-0.25, -0.2) is 0 Å². The van der Waals surface area contributed by atoms with Gasteiger partial charge < -0.3 is 0 Å². The fraction of sp³-hybridized carbons (Fsp3) is 0.318. The van der Waals surface area contributed by atoms with Crippen molar-refractivity contribution >= 4 is 10.8 Å². The Morgan fingerprint density at radius 1 is 0.913 bits per heavy atom. The van der Waals surface area contributed by atoms with Crippen molar-refractivity contribution in [2.24, 2.45) is 0 Å². The van der Waals surface area contributed by atoms with Crippen LogP contribution in [0, 0.1) is 0 Å². The summed E-state index contributed by atoms with van der Waals surface area (Å²) in [5.41, 5.74) is 5.65. The Morgan fingerprint density at radius 3 is 2.13 bits per heavy atom. The van der Waals surface area contributed by atoms with E-state index in [9.17, 15) is 0 Å². The van der Waals surface area contributed by atoms with E-state index in [2.05, 4.69) is 89.2 Å². The van der Waals surface area contributed by atoms with Crippen molar-refractivity contribution in [3.05, 3.63) is 65.7 Å². The Labute approximate surface area is 159 Å². The second kappa shape index (κ2) is 6.81. The van der Waals surface area contributed by atoms with Crippen molar-refractivity contribution in [2.45, 2.75) is 46.0 Å². The van der Waals surface area contributed by atoms with Crippen LogP contribution in [0.25, 0.3) is 21.9 Å². The molecule has 1 heteroatoms. The summed E-state index contributed by atoms with van der Waals surface area (Å²) >= 11 is 0. The maximum Gasteiger partial charge on any atom is 0 e. The molecular formula is C22H25Hf-. The molecular weight excluding hydrogens is 443 g/mol. The van der Waals surface area contributed by atoms with Crippen LogP contribution in [-0.4, -0.2) is 0 Å². The van der Waals surface area contributed by atoms with Gasteiger partial charge in [0.15, 0.2) is 0 Å². The van der Waals surface area contributed by atoms with E-state index in [1.165, 1.54) is 33.0 Å². The summed E-state index contributed by atoms with van der Waals surface area (Å²) in [6, 6.07) is 20.3. The van der Waals surface area contributed by atoms with Crippen molar-refractivity contribution in [1.29, 1.82) is 0 Å². The topological polar surface area (TPSA) is 0 Å². The molecule has 0 aromatic heterocycles. The zero-order valence-corrected chi connectivity index (χ0v) is 18.4. The summed E-state index contributed by atoms with van der Waals surface area (Å²) in [5.74, 6) is 0.573. The third-order valence-electron chi connectivity index (χ3n) is 4.50. The number of hydrogen-bond acceptors (Lipinski definition) is 0. The minimum Gasteiger partial charge on any atom is -0.164 e. The average molecular weight is 468 g/mol. The third-order valence-corrected chi connectivity index (χ3v) is 4.50. The number of rotatable bonds is 2. The van der Waals surface area contributed by atoms with Crippen LogP contribution >= 0.6 is 0 Å². The zero-order chi connectivity index (χ0) is 15.9. The average Bonchev–Trinajstić information content (AvgIpc) is 2.90. The van der Waals surface area contributed by atoms with E-state index in [-0.39, 0.29) is 31.3 Å². The molecule has 0 radical (unpaired) electrons. The number of hydrogen-bond donors (Lipinski definition) is 0. The summed E-state index contributed by atoms with van der Waals surface area (Å²) in [4.78, 5) is 0. The van der Waals surface area contributed by atoms with E-state index in [0.29, 0.717) is 5.92 Å². The minimum absolute atomic E-state index is 0. The first kappa shape index (κ1) is 18.3. The van der Waals surface area contributed by atoms with Gasteiger partial charge in [-0.1, -0.05) is 70.5 Å². The van der Waals surface area contributed by atoms with Crippen LogP contribution < -0.4 is 0 Å². The molecule has 3 aromatic rings. The number of fused-ring (bicyclic) bond motifs is 1. The van der Waals surface area contributed by atoms with Gasteiger partial charge in [0.25, 0.3) is 0 Å². The van der Waals surface area contributed by atoms with Gasteiger partial charge in [-0.2, -0.15) is 6.07 Å². The van der Waals surface area contributed by atoms with Crippen molar-refractivity contribution in [3.63, 3.8) is 0 Å². The van der Waals surface area contributed by atoms with Crippen LogP contribution in [0.15, 0.2) is 54.6 Å². The van der Waals surface area contributed by atoms with Crippen LogP contribution in [0.5, 0.6) is 0 Å². The van der Waals surface area contributed by atoms with E-state index >= 15 is 0 Å². The summed E-state index contributed by atoms with van der Waals surface area (Å²) in [7, 11) is 0. The van der Waals surface area contributed by atoms with Gasteiger partial charge in [0.05, 0.1) is 0 Å². The maximum absolute atomic E-state index is 2.35. The Balaban J connectivity index is 0.00000192. The third kappa shape index (κ3) is 3.71. The quantitative estimate of drug-likeness (QED) is 0.292. The predicted octanol–water partition coefficient (Wildman–Crippen LogP) is 6.64. The van der Waals surface area contributed by atoms with Crippen LogP contribution in [0.4, 0.5) is 0 Å². The fourth-order valence-electron chi connectivity index (χ4n) is 2.99. The second-order valence-electron chi connectivity index (χ2n) is 7.58. The molecule has 0 aliphatic carbocycles. The summed E-state index contributed by atoms with van der Waals surface area (Å²) in [6.07, 6.45) is 0. The van der Waals surface area contributed by atoms with Gasteiger partial charge in [-0.05, 0) is 22.5 Å². The maximum atomic E-state index is 2.35. The molecule has 3 rings (SSSR count). The molecule has 0 amide bonds. The molecule has 0 saturated heterocycles. The van der Waals surface area contributed by atoms with Crippen LogP contribution in [0.3, 0.4) is 0 Å². The molecule has 0 aliphatic heterocycles. The first-order valence-corrected chi connectivity index (χ1v) is 8.16. The smallest absolute Gasteiger partial charge is 0 e. The van der Waals surface area contributed by atoms with Crippen molar-refractivity contribution in [3.8, 4) is 11.1 Å². The standard InChI is InChI=1S/C22H25.Hf/c1-15(2)18-13-17-7-6-8-20(21(17)14-18)16-9-11-19(12-10-16)22(3,4)5;/h6-15H,1-5H3;/q-1;. The molecule has 118 valence electrons. The van der Waals surface area contributed by atoms with Crippen molar-refractivity contribution in [1.82, 2.24) is 0 Å². The van der Waals surface area contributed by atoms with E-state index in [1.807, 2.05) is 0 Å². The Bertz CT molecular complexity index is 783. The van der Waals surface area contributed by atoms with Gasteiger partial charge >= 0.3 is 0 Å². The first-order valence-electron chi connectivity index (χ1n) is 8.16. The number of benzene rings is 2. The van der Waals surface area contributed by atoms with Crippen molar-refractivity contribution < 1.29 is 25.8 Å². The minimum atomic E-state index is 0. The molecule has 0 heterocycles. The zero-order valence-electron chi connectivity index (χ0n) is 14.8. The predicted molar refractivity (Wildman–Crippen MR) is 97.8 cm³/mol. The summed E-state index contributed by atoms with van der Waals surface area (Å²) in [5, 5.41) is 2.72. The molecule has 0 unspecified atom stereocenters. The monoisotopic (exact) mass is 469 g/mol. The van der Waals surface area contributed by atoms with E-state index in [1.54, 1.807) is 0 Å². The Morgan fingerprint density at radius 2 is 1.57 bits per heavy atom. The van der Waals surface area contributed by atoms with Gasteiger partial charge in [0.2, 0.25) is 0 Å². The molecule has 0 saturated carbocycles. The molecule has 0 spiro atoms. The SMILES string of the molecule is CC(C)c1cc2c(-c3ccc(C(C)(C)C)cc3)cccc2[cH-]1.[Hf]. The molecule has 0 N–H and O–H groups in total. The van der Waals surface area contributed by atoms with E-state index in [4.69, 9.17) is 0 Å². The summed E-state index contributed by atoms with van der Waals surface area (Å²) < 4.78 is 0. The normalized spacial score (nSPS) is 11.7. The van der Waals surface area contributed by atoms with Crippen LogP contribution in [0.1, 0.15) is 51.7 Å². The van der Waals surface area contributed by atoms with Gasteiger partial charge in [-0.15, -0.1) is 34.5 Å². The Kier molecular flexibility index (Phi) is 5.41. The Hall–Kier alpha value is -1.08. The molecule has 0 atom stereocenters. The molecule has 0 aliphatic rings. The largest absolute Gasteiger partial charge is 0.164 e. The molecule has 0 bridgehead atoms. The second-order valence-corrected chi connectivity index (χ2v) is 7.58. The van der Waals surface area contributed by atoms with Crippen molar-refractivity contribution in [2.75, 3.05) is 0 Å². The molecule has 0 fully saturated rings. The first-order chi connectivity index (χ1) is 10.4. The molecule has 0 nitrogen and oxygen atoms in total. The van der Waals surface area contributed by atoms with Crippen LogP contribution in [-0.2, 0) is 31.3 Å². The van der Waals surface area contributed by atoms with Gasteiger partial charge in [0.1, 0.15) is 0 Å². The van der Waals surface area contributed by atoms with E-state index in [0.717, 1.165) is 0 Å². The molecule has 23 heavy (non-hydrogen) atoms. The van der Waals surface area contributed by atoms with Crippen LogP contribution in [0.2, 0.25) is 0 Å². The van der Waals surface area contributed by atoms with Gasteiger partial charge in [0, 0.05) is 25.8 Å². The fourth-order valence-corrected chi connectivity index (χ4v) is 2.99.